The van der Waals surface area contributed by atoms with Gasteiger partial charge in [0, 0.05) is 26.3 Å². The van der Waals surface area contributed by atoms with Crippen molar-refractivity contribution in [2.75, 3.05) is 39.3 Å². The first-order valence-electron chi connectivity index (χ1n) is 8.91. The fourth-order valence-electron chi connectivity index (χ4n) is 3.16. The molecule has 0 fully saturated rings. The van der Waals surface area contributed by atoms with Gasteiger partial charge in [-0.15, -0.1) is 0 Å². The Bertz CT molecular complexity index is 756. The Balaban J connectivity index is 1.51. The van der Waals surface area contributed by atoms with Crippen LogP contribution in [-0.2, 0) is 17.6 Å². The number of para-hydroxylation sites is 1. The molecule has 1 heterocycles. The molecule has 0 bridgehead atoms. The van der Waals surface area contributed by atoms with Crippen LogP contribution in [0.3, 0.4) is 0 Å². The maximum Gasteiger partial charge on any atom is 0.226 e. The second kappa shape index (κ2) is 8.13. The normalized spacial score (nSPS) is 15.6. The first kappa shape index (κ1) is 18.1. The third-order valence-corrected chi connectivity index (χ3v) is 4.71. The zero-order valence-corrected chi connectivity index (χ0v) is 15.6. The SMILES string of the molecule is COc1cccc2c1OC[C@@H](C(=O)NCCc1ccc(N(C)C)cc1)C2. The smallest absolute Gasteiger partial charge is 0.226 e. The topological polar surface area (TPSA) is 50.8 Å². The van der Waals surface area contributed by atoms with Crippen molar-refractivity contribution in [1.82, 2.24) is 5.32 Å². The lowest BCUT2D eigenvalue weighted by molar-refractivity contribution is -0.126. The second-order valence-electron chi connectivity index (χ2n) is 6.76. The number of fused-ring (bicyclic) bond motifs is 1. The molecule has 0 radical (unpaired) electrons. The Morgan fingerprint density at radius 3 is 2.69 bits per heavy atom. The Labute approximate surface area is 154 Å². The highest BCUT2D eigenvalue weighted by molar-refractivity contribution is 5.79. The lowest BCUT2D eigenvalue weighted by Crippen LogP contribution is -2.38. The molecule has 1 amide bonds. The van der Waals surface area contributed by atoms with E-state index in [0.29, 0.717) is 19.6 Å². The summed E-state index contributed by atoms with van der Waals surface area (Å²) < 4.78 is 11.1. The minimum atomic E-state index is -0.161. The van der Waals surface area contributed by atoms with Crippen LogP contribution < -0.4 is 19.7 Å². The number of anilines is 1. The first-order valence-corrected chi connectivity index (χ1v) is 8.91. The summed E-state index contributed by atoms with van der Waals surface area (Å²) in [5.41, 5.74) is 3.41. The van der Waals surface area contributed by atoms with E-state index in [1.165, 1.54) is 11.3 Å². The van der Waals surface area contributed by atoms with E-state index in [2.05, 4.69) is 34.5 Å². The van der Waals surface area contributed by atoms with Crippen LogP contribution >= 0.6 is 0 Å². The first-order chi connectivity index (χ1) is 12.6. The number of nitrogens with one attached hydrogen (secondary N) is 1. The zero-order chi connectivity index (χ0) is 18.5. The van der Waals surface area contributed by atoms with Crippen molar-refractivity contribution in [2.24, 2.45) is 5.92 Å². The molecule has 0 spiro atoms. The molecule has 0 aromatic heterocycles. The number of carbonyl (C=O) groups excluding carboxylic acids is 1. The predicted molar refractivity (Wildman–Crippen MR) is 103 cm³/mol. The van der Waals surface area contributed by atoms with Crippen molar-refractivity contribution in [3.05, 3.63) is 53.6 Å². The van der Waals surface area contributed by atoms with Crippen LogP contribution in [0.4, 0.5) is 5.69 Å². The molecule has 0 unspecified atom stereocenters. The quantitative estimate of drug-likeness (QED) is 0.867. The standard InChI is InChI=1S/C21H26N2O3/c1-23(2)18-9-7-15(8-10-18)11-12-22-21(24)17-13-16-5-4-6-19(25-3)20(16)26-14-17/h4-10,17H,11-14H2,1-3H3,(H,22,24)/t17-/m0/s1. The highest BCUT2D eigenvalue weighted by Gasteiger charge is 2.27. The van der Waals surface area contributed by atoms with E-state index in [9.17, 15) is 4.79 Å². The van der Waals surface area contributed by atoms with E-state index in [1.807, 2.05) is 32.3 Å². The highest BCUT2D eigenvalue weighted by Crippen LogP contribution is 2.35. The highest BCUT2D eigenvalue weighted by atomic mass is 16.5. The van der Waals surface area contributed by atoms with Gasteiger partial charge < -0.3 is 19.7 Å². The molecule has 2 aromatic carbocycles. The maximum atomic E-state index is 12.5. The van der Waals surface area contributed by atoms with Crippen LogP contribution in [-0.4, -0.2) is 40.3 Å². The van der Waals surface area contributed by atoms with Crippen LogP contribution in [0.2, 0.25) is 0 Å². The molecule has 2 aromatic rings. The van der Waals surface area contributed by atoms with Crippen molar-refractivity contribution in [3.63, 3.8) is 0 Å². The van der Waals surface area contributed by atoms with Crippen LogP contribution in [0.5, 0.6) is 11.5 Å². The van der Waals surface area contributed by atoms with Crippen molar-refractivity contribution in [3.8, 4) is 11.5 Å². The molecule has 1 N–H and O–H groups in total. The van der Waals surface area contributed by atoms with Gasteiger partial charge in [0.25, 0.3) is 0 Å². The molecule has 1 aliphatic rings. The van der Waals surface area contributed by atoms with E-state index in [1.54, 1.807) is 7.11 Å². The molecule has 5 heteroatoms. The van der Waals surface area contributed by atoms with Gasteiger partial charge in [-0.25, -0.2) is 0 Å². The lowest BCUT2D eigenvalue weighted by atomic mass is 9.95. The minimum absolute atomic E-state index is 0.0448. The number of benzene rings is 2. The Morgan fingerprint density at radius 1 is 1.23 bits per heavy atom. The Morgan fingerprint density at radius 2 is 2.00 bits per heavy atom. The molecule has 1 aliphatic heterocycles. The molecule has 0 aliphatic carbocycles. The average molecular weight is 354 g/mol. The number of hydrogen-bond donors (Lipinski definition) is 1. The summed E-state index contributed by atoms with van der Waals surface area (Å²) >= 11 is 0. The van der Waals surface area contributed by atoms with E-state index in [0.717, 1.165) is 23.5 Å². The monoisotopic (exact) mass is 354 g/mol. The van der Waals surface area contributed by atoms with E-state index in [4.69, 9.17) is 9.47 Å². The predicted octanol–water partition coefficient (Wildman–Crippen LogP) is 2.67. The van der Waals surface area contributed by atoms with Gasteiger partial charge in [0.1, 0.15) is 6.61 Å². The summed E-state index contributed by atoms with van der Waals surface area (Å²) in [7, 11) is 5.67. The van der Waals surface area contributed by atoms with Gasteiger partial charge in [0.2, 0.25) is 5.91 Å². The van der Waals surface area contributed by atoms with Gasteiger partial charge in [0.15, 0.2) is 11.5 Å². The summed E-state index contributed by atoms with van der Waals surface area (Å²) in [5.74, 6) is 1.37. The fraction of sp³-hybridized carbons (Fsp3) is 0.381. The van der Waals surface area contributed by atoms with E-state index in [-0.39, 0.29) is 11.8 Å². The number of ether oxygens (including phenoxy) is 2. The van der Waals surface area contributed by atoms with Crippen LogP contribution in [0.25, 0.3) is 0 Å². The number of nitrogens with zero attached hydrogens (tertiary/aromatic N) is 1. The molecule has 0 saturated heterocycles. The third kappa shape index (κ3) is 4.10. The molecule has 3 rings (SSSR count). The largest absolute Gasteiger partial charge is 0.493 e. The lowest BCUT2D eigenvalue weighted by Gasteiger charge is -2.25. The summed E-state index contributed by atoms with van der Waals surface area (Å²) in [6, 6.07) is 14.2. The minimum Gasteiger partial charge on any atom is -0.493 e. The summed E-state index contributed by atoms with van der Waals surface area (Å²) in [6.07, 6.45) is 1.49. The van der Waals surface area contributed by atoms with E-state index >= 15 is 0 Å². The molecular weight excluding hydrogens is 328 g/mol. The van der Waals surface area contributed by atoms with Crippen LogP contribution in [0, 0.1) is 5.92 Å². The summed E-state index contributed by atoms with van der Waals surface area (Å²) in [5, 5.41) is 3.04. The third-order valence-electron chi connectivity index (χ3n) is 4.71. The van der Waals surface area contributed by atoms with Gasteiger partial charge in [-0.1, -0.05) is 24.3 Å². The van der Waals surface area contributed by atoms with Crippen molar-refractivity contribution in [1.29, 1.82) is 0 Å². The number of hydrogen-bond acceptors (Lipinski definition) is 4. The summed E-state index contributed by atoms with van der Waals surface area (Å²) in [4.78, 5) is 14.5. The van der Waals surface area contributed by atoms with Crippen LogP contribution in [0.15, 0.2) is 42.5 Å². The zero-order valence-electron chi connectivity index (χ0n) is 15.6. The maximum absolute atomic E-state index is 12.5. The number of amides is 1. The molecule has 5 nitrogen and oxygen atoms in total. The molecule has 1 atom stereocenters. The Hall–Kier alpha value is -2.69. The van der Waals surface area contributed by atoms with Gasteiger partial charge >= 0.3 is 0 Å². The molecule has 0 saturated carbocycles. The van der Waals surface area contributed by atoms with Gasteiger partial charge in [-0.2, -0.15) is 0 Å². The van der Waals surface area contributed by atoms with Crippen molar-refractivity contribution in [2.45, 2.75) is 12.8 Å². The second-order valence-corrected chi connectivity index (χ2v) is 6.76. The number of methoxy groups -OCH3 is 1. The molecule has 26 heavy (non-hydrogen) atoms. The number of carbonyl (C=O) groups is 1. The Kier molecular flexibility index (Phi) is 5.66. The molecule has 138 valence electrons. The fourth-order valence-corrected chi connectivity index (χ4v) is 3.16. The van der Waals surface area contributed by atoms with Crippen molar-refractivity contribution >= 4 is 11.6 Å². The van der Waals surface area contributed by atoms with Gasteiger partial charge in [0.05, 0.1) is 13.0 Å². The van der Waals surface area contributed by atoms with Crippen LogP contribution in [0.1, 0.15) is 11.1 Å². The van der Waals surface area contributed by atoms with Crippen molar-refractivity contribution < 1.29 is 14.3 Å². The molecular formula is C21H26N2O3. The summed E-state index contributed by atoms with van der Waals surface area (Å²) in [6.45, 7) is 1.01. The van der Waals surface area contributed by atoms with Gasteiger partial charge in [-0.05, 0) is 42.2 Å². The van der Waals surface area contributed by atoms with E-state index < -0.39 is 0 Å². The van der Waals surface area contributed by atoms with Gasteiger partial charge in [-0.3, -0.25) is 4.79 Å². The average Bonchev–Trinajstić information content (AvgIpc) is 2.67. The number of rotatable bonds is 6.